The standard InChI is InChI=1S/C14H10ClF2NO2/c1-8-7-10(16)13(12(17)11(8)15)18-14(19)20-9-5-3-2-4-6-9/h2-7H,1H3,(H,18,19). The van der Waals surface area contributed by atoms with Crippen LogP contribution in [0.1, 0.15) is 5.56 Å². The van der Waals surface area contributed by atoms with Gasteiger partial charge in [0.05, 0.1) is 5.02 Å². The van der Waals surface area contributed by atoms with Crippen molar-refractivity contribution in [1.29, 1.82) is 0 Å². The minimum absolute atomic E-state index is 0.239. The zero-order valence-electron chi connectivity index (χ0n) is 10.4. The van der Waals surface area contributed by atoms with E-state index in [0.717, 1.165) is 6.07 Å². The summed E-state index contributed by atoms with van der Waals surface area (Å²) in [5.74, 6) is -1.70. The van der Waals surface area contributed by atoms with E-state index in [-0.39, 0.29) is 16.3 Å². The lowest BCUT2D eigenvalue weighted by molar-refractivity contribution is 0.215. The summed E-state index contributed by atoms with van der Waals surface area (Å²) in [5, 5.41) is 1.75. The zero-order chi connectivity index (χ0) is 14.7. The highest BCUT2D eigenvalue weighted by molar-refractivity contribution is 6.31. The summed E-state index contributed by atoms with van der Waals surface area (Å²) in [7, 11) is 0. The quantitative estimate of drug-likeness (QED) is 0.827. The average Bonchev–Trinajstić information content (AvgIpc) is 2.42. The Labute approximate surface area is 119 Å². The third-order valence-corrected chi connectivity index (χ3v) is 2.99. The topological polar surface area (TPSA) is 38.3 Å². The van der Waals surface area contributed by atoms with Crippen molar-refractivity contribution >= 4 is 23.4 Å². The van der Waals surface area contributed by atoms with Crippen molar-refractivity contribution in [2.75, 3.05) is 5.32 Å². The number of anilines is 1. The van der Waals surface area contributed by atoms with Crippen LogP contribution in [0.3, 0.4) is 0 Å². The SMILES string of the molecule is Cc1cc(F)c(NC(=O)Oc2ccccc2)c(F)c1Cl. The molecule has 0 saturated heterocycles. The Morgan fingerprint density at radius 2 is 1.90 bits per heavy atom. The van der Waals surface area contributed by atoms with Crippen LogP contribution in [0.4, 0.5) is 19.3 Å². The molecule has 3 nitrogen and oxygen atoms in total. The van der Waals surface area contributed by atoms with Crippen LogP contribution in [0.25, 0.3) is 0 Å². The second-order valence-corrected chi connectivity index (χ2v) is 4.38. The van der Waals surface area contributed by atoms with E-state index in [1.54, 1.807) is 18.2 Å². The number of halogens is 3. The van der Waals surface area contributed by atoms with Gasteiger partial charge in [0.15, 0.2) is 5.82 Å². The maximum atomic E-state index is 13.8. The van der Waals surface area contributed by atoms with Crippen LogP contribution in [0.2, 0.25) is 5.02 Å². The molecule has 1 N–H and O–H groups in total. The number of rotatable bonds is 2. The van der Waals surface area contributed by atoms with E-state index in [0.29, 0.717) is 0 Å². The summed E-state index contributed by atoms with van der Waals surface area (Å²) < 4.78 is 32.3. The monoisotopic (exact) mass is 297 g/mol. The molecule has 0 heterocycles. The lowest BCUT2D eigenvalue weighted by atomic mass is 10.2. The zero-order valence-corrected chi connectivity index (χ0v) is 11.2. The van der Waals surface area contributed by atoms with Crippen LogP contribution >= 0.6 is 11.6 Å². The highest BCUT2D eigenvalue weighted by atomic mass is 35.5. The van der Waals surface area contributed by atoms with E-state index in [1.807, 2.05) is 5.32 Å². The van der Waals surface area contributed by atoms with E-state index in [9.17, 15) is 13.6 Å². The van der Waals surface area contributed by atoms with Gasteiger partial charge in [-0.1, -0.05) is 29.8 Å². The number of hydrogen-bond acceptors (Lipinski definition) is 2. The van der Waals surface area contributed by atoms with Gasteiger partial charge in [0.2, 0.25) is 0 Å². The number of para-hydroxylation sites is 1. The fourth-order valence-corrected chi connectivity index (χ4v) is 1.70. The molecule has 0 aromatic heterocycles. The average molecular weight is 298 g/mol. The number of carbonyl (C=O) groups is 1. The molecule has 6 heteroatoms. The Morgan fingerprint density at radius 3 is 2.55 bits per heavy atom. The molecule has 0 spiro atoms. The van der Waals surface area contributed by atoms with Crippen LogP contribution in [0, 0.1) is 18.6 Å². The van der Waals surface area contributed by atoms with Gasteiger partial charge >= 0.3 is 6.09 Å². The van der Waals surface area contributed by atoms with Gasteiger partial charge in [-0.05, 0) is 30.7 Å². The second kappa shape index (κ2) is 5.88. The molecule has 0 unspecified atom stereocenters. The van der Waals surface area contributed by atoms with Crippen LogP contribution in [-0.2, 0) is 0 Å². The van der Waals surface area contributed by atoms with Crippen LogP contribution < -0.4 is 10.1 Å². The Kier molecular flexibility index (Phi) is 4.20. The lowest BCUT2D eigenvalue weighted by Crippen LogP contribution is -2.18. The molecule has 0 aliphatic heterocycles. The van der Waals surface area contributed by atoms with Gasteiger partial charge < -0.3 is 4.74 Å². The Morgan fingerprint density at radius 1 is 1.25 bits per heavy atom. The molecule has 2 aromatic rings. The summed E-state index contributed by atoms with van der Waals surface area (Å²) in [5.41, 5.74) is -0.398. The summed E-state index contributed by atoms with van der Waals surface area (Å²) in [6, 6.07) is 9.16. The van der Waals surface area contributed by atoms with E-state index < -0.39 is 23.4 Å². The summed E-state index contributed by atoms with van der Waals surface area (Å²) in [6.07, 6.45) is -1.01. The predicted molar refractivity (Wildman–Crippen MR) is 72.2 cm³/mol. The van der Waals surface area contributed by atoms with E-state index in [4.69, 9.17) is 16.3 Å². The van der Waals surface area contributed by atoms with Crippen molar-refractivity contribution < 1.29 is 18.3 Å². The predicted octanol–water partition coefficient (Wildman–Crippen LogP) is 4.54. The number of amides is 1. The molecule has 0 radical (unpaired) electrons. The second-order valence-electron chi connectivity index (χ2n) is 4.01. The molecule has 0 saturated carbocycles. The van der Waals surface area contributed by atoms with Crippen molar-refractivity contribution in [2.24, 2.45) is 0 Å². The molecule has 20 heavy (non-hydrogen) atoms. The van der Waals surface area contributed by atoms with Crippen LogP contribution in [0.15, 0.2) is 36.4 Å². The largest absolute Gasteiger partial charge is 0.417 e. The number of hydrogen-bond donors (Lipinski definition) is 1. The summed E-state index contributed by atoms with van der Waals surface area (Å²) >= 11 is 5.66. The molecular formula is C14H10ClF2NO2. The fraction of sp³-hybridized carbons (Fsp3) is 0.0714. The highest BCUT2D eigenvalue weighted by Crippen LogP contribution is 2.29. The molecule has 104 valence electrons. The Bertz CT molecular complexity index is 647. The molecular weight excluding hydrogens is 288 g/mol. The Hall–Kier alpha value is -2.14. The molecule has 2 rings (SSSR count). The highest BCUT2D eigenvalue weighted by Gasteiger charge is 2.18. The first-order valence-corrected chi connectivity index (χ1v) is 6.05. The van der Waals surface area contributed by atoms with E-state index >= 15 is 0 Å². The maximum Gasteiger partial charge on any atom is 0.417 e. The first kappa shape index (κ1) is 14.3. The molecule has 1 amide bonds. The smallest absolute Gasteiger partial charge is 0.410 e. The fourth-order valence-electron chi connectivity index (χ4n) is 1.55. The van der Waals surface area contributed by atoms with Crippen LogP contribution in [0.5, 0.6) is 5.75 Å². The Balaban J connectivity index is 2.18. The number of carbonyl (C=O) groups excluding carboxylic acids is 1. The van der Waals surface area contributed by atoms with Crippen molar-refractivity contribution in [3.05, 3.63) is 58.6 Å². The van der Waals surface area contributed by atoms with Gasteiger partial charge in [-0.25, -0.2) is 13.6 Å². The van der Waals surface area contributed by atoms with Crippen molar-refractivity contribution in [1.82, 2.24) is 0 Å². The van der Waals surface area contributed by atoms with Crippen LogP contribution in [-0.4, -0.2) is 6.09 Å². The third kappa shape index (κ3) is 3.05. The van der Waals surface area contributed by atoms with Gasteiger partial charge in [0.1, 0.15) is 17.3 Å². The van der Waals surface area contributed by atoms with Gasteiger partial charge in [-0.15, -0.1) is 0 Å². The maximum absolute atomic E-state index is 13.8. The number of benzene rings is 2. The van der Waals surface area contributed by atoms with Gasteiger partial charge in [-0.2, -0.15) is 0 Å². The lowest BCUT2D eigenvalue weighted by Gasteiger charge is -2.10. The van der Waals surface area contributed by atoms with E-state index in [2.05, 4.69) is 0 Å². The summed E-state index contributed by atoms with van der Waals surface area (Å²) in [4.78, 5) is 11.6. The molecule has 0 fully saturated rings. The van der Waals surface area contributed by atoms with Gasteiger partial charge in [0.25, 0.3) is 0 Å². The first-order chi connectivity index (χ1) is 9.49. The minimum atomic E-state index is -1.03. The molecule has 0 atom stereocenters. The number of ether oxygens (including phenoxy) is 1. The molecule has 0 bridgehead atoms. The molecule has 0 aliphatic carbocycles. The normalized spacial score (nSPS) is 10.2. The number of nitrogens with one attached hydrogen (secondary N) is 1. The van der Waals surface area contributed by atoms with Gasteiger partial charge in [-0.3, -0.25) is 5.32 Å². The minimum Gasteiger partial charge on any atom is -0.410 e. The first-order valence-electron chi connectivity index (χ1n) is 5.67. The number of aryl methyl sites for hydroxylation is 1. The van der Waals surface area contributed by atoms with Crippen molar-refractivity contribution in [3.63, 3.8) is 0 Å². The third-order valence-electron chi connectivity index (χ3n) is 2.52. The molecule has 2 aromatic carbocycles. The van der Waals surface area contributed by atoms with Crippen molar-refractivity contribution in [2.45, 2.75) is 6.92 Å². The summed E-state index contributed by atoms with van der Waals surface area (Å²) in [6.45, 7) is 1.46. The van der Waals surface area contributed by atoms with Crippen molar-refractivity contribution in [3.8, 4) is 5.75 Å². The van der Waals surface area contributed by atoms with E-state index in [1.165, 1.54) is 19.1 Å². The molecule has 0 aliphatic rings. The van der Waals surface area contributed by atoms with Gasteiger partial charge in [0, 0.05) is 0 Å².